The molecule has 0 fully saturated rings. The largest absolute Gasteiger partial charge is 0.263 e. The molecule has 6 heteroatoms. The lowest BCUT2D eigenvalue weighted by Gasteiger charge is -2.16. The summed E-state index contributed by atoms with van der Waals surface area (Å²) in [5.41, 5.74) is 23.1. The van der Waals surface area contributed by atoms with E-state index in [4.69, 9.17) is 24.9 Å². The zero-order valence-corrected chi connectivity index (χ0v) is 49.7. The Morgan fingerprint density at radius 3 is 1.29 bits per heavy atom. The van der Waals surface area contributed by atoms with Crippen molar-refractivity contribution in [2.75, 3.05) is 0 Å². The molecule has 12 aromatic carbocycles. The zero-order chi connectivity index (χ0) is 60.6. The van der Waals surface area contributed by atoms with Gasteiger partial charge in [-0.2, -0.15) is 0 Å². The van der Waals surface area contributed by atoms with Gasteiger partial charge in [0.25, 0.3) is 0 Å². The standard InChI is InChI=1S/C86H52N6/c1-2-13-61-47-63(34-23-53(61)11-1)62-15-9-16-64(48-62)82-45-38-67-50-75(74-41-46-79(92-86(74)85(67)91-82)58-30-26-55(27-31-58)76-52-87-51-68-14-3-5-19-69(68)76)73-40-39-70(71-20-6-7-21-72(71)73)54-24-28-57(29-25-54)78-43-36-59-32-33-60-37-44-81(90-84(60)83(59)89-78)66-18-10-17-65(49-66)80-42-35-56-12-4-8-22-77(56)88-80/h1-52H. The predicted octanol–water partition coefficient (Wildman–Crippen LogP) is 22.3. The van der Waals surface area contributed by atoms with E-state index in [2.05, 4.69) is 296 Å². The molecule has 0 atom stereocenters. The third-order valence-corrected chi connectivity index (χ3v) is 18.3. The molecule has 0 amide bonds. The molecular formula is C86H52N6. The van der Waals surface area contributed by atoms with Crippen molar-refractivity contribution in [3.63, 3.8) is 0 Å². The second-order valence-electron chi connectivity index (χ2n) is 23.8. The highest BCUT2D eigenvalue weighted by molar-refractivity contribution is 6.16. The number of pyridine rings is 6. The van der Waals surface area contributed by atoms with Crippen LogP contribution in [0.25, 0.3) is 188 Å². The van der Waals surface area contributed by atoms with Crippen LogP contribution in [0.15, 0.2) is 316 Å². The maximum atomic E-state index is 5.60. The molecule has 0 N–H and O–H groups in total. The van der Waals surface area contributed by atoms with E-state index in [0.29, 0.717) is 0 Å². The molecular weight excluding hydrogens is 1120 g/mol. The van der Waals surface area contributed by atoms with Crippen LogP contribution in [0.5, 0.6) is 0 Å². The van der Waals surface area contributed by atoms with E-state index < -0.39 is 0 Å². The number of hydrogen-bond donors (Lipinski definition) is 0. The Labute approximate surface area is 530 Å². The molecule has 0 radical (unpaired) electrons. The highest BCUT2D eigenvalue weighted by Gasteiger charge is 2.19. The van der Waals surface area contributed by atoms with Gasteiger partial charge in [0.2, 0.25) is 0 Å². The average Bonchev–Trinajstić information content (AvgIpc) is 0.773. The van der Waals surface area contributed by atoms with Crippen LogP contribution >= 0.6 is 0 Å². The SMILES string of the molecule is c1cc(-c2ccc3ccccc3n2)cc(-c2ccc3ccc4ccc(-c5ccc(-c6ccc(-c7cc8ccc(-c9cccc(-c%10ccc%11ccccc%11c%10)c9)nc8c8nc(-c9ccc(-c%10cncc%11ccccc%10%11)cc9)ccc78)c7ccccc67)cc5)nc4c3n2)c1. The molecule has 92 heavy (non-hydrogen) atoms. The van der Waals surface area contributed by atoms with E-state index in [0.717, 1.165) is 166 Å². The lowest BCUT2D eigenvalue weighted by molar-refractivity contribution is 1.36. The van der Waals surface area contributed by atoms with E-state index in [1.165, 1.54) is 21.7 Å². The summed E-state index contributed by atoms with van der Waals surface area (Å²) < 4.78 is 0. The Kier molecular flexibility index (Phi) is 12.5. The Balaban J connectivity index is 0.706. The van der Waals surface area contributed by atoms with Crippen LogP contribution in [0.4, 0.5) is 0 Å². The number of benzene rings is 12. The van der Waals surface area contributed by atoms with Gasteiger partial charge in [0, 0.05) is 78.1 Å². The molecule has 0 aliphatic carbocycles. The van der Waals surface area contributed by atoms with E-state index >= 15 is 0 Å². The van der Waals surface area contributed by atoms with Gasteiger partial charge in [0.15, 0.2) is 0 Å². The van der Waals surface area contributed by atoms with Gasteiger partial charge in [-0.25, -0.2) is 24.9 Å². The molecule has 0 aliphatic rings. The van der Waals surface area contributed by atoms with Crippen molar-refractivity contribution in [2.24, 2.45) is 0 Å². The maximum Gasteiger partial charge on any atom is 0.0978 e. The Morgan fingerprint density at radius 2 is 0.609 bits per heavy atom. The molecule has 18 rings (SSSR count). The van der Waals surface area contributed by atoms with Gasteiger partial charge in [-0.3, -0.25) is 4.98 Å². The summed E-state index contributed by atoms with van der Waals surface area (Å²) in [5.74, 6) is 0. The summed E-state index contributed by atoms with van der Waals surface area (Å²) in [7, 11) is 0. The number of fused-ring (bicyclic) bond motifs is 10. The van der Waals surface area contributed by atoms with E-state index in [1.54, 1.807) is 0 Å². The lowest BCUT2D eigenvalue weighted by atomic mass is 9.89. The summed E-state index contributed by atoms with van der Waals surface area (Å²) in [6, 6.07) is 108. The molecule has 6 heterocycles. The van der Waals surface area contributed by atoms with Gasteiger partial charge in [-0.1, -0.05) is 237 Å². The minimum absolute atomic E-state index is 0.848. The average molecular weight is 1170 g/mol. The van der Waals surface area contributed by atoms with Crippen LogP contribution in [0.3, 0.4) is 0 Å². The fourth-order valence-electron chi connectivity index (χ4n) is 13.6. The zero-order valence-electron chi connectivity index (χ0n) is 49.7. The molecule has 0 saturated heterocycles. The number of nitrogens with zero attached hydrogens (tertiary/aromatic N) is 6. The first-order valence-corrected chi connectivity index (χ1v) is 31.1. The van der Waals surface area contributed by atoms with Crippen LogP contribution in [-0.4, -0.2) is 29.9 Å². The number of hydrogen-bond acceptors (Lipinski definition) is 6. The smallest absolute Gasteiger partial charge is 0.0978 e. The lowest BCUT2D eigenvalue weighted by Crippen LogP contribution is -1.94. The first-order chi connectivity index (χ1) is 45.5. The molecule has 6 nitrogen and oxygen atoms in total. The fraction of sp³-hybridized carbons (Fsp3) is 0. The number of rotatable bonds is 9. The van der Waals surface area contributed by atoms with E-state index in [-0.39, 0.29) is 0 Å². The van der Waals surface area contributed by atoms with Crippen molar-refractivity contribution in [1.82, 2.24) is 29.9 Å². The fourth-order valence-corrected chi connectivity index (χ4v) is 13.6. The Hall–Kier alpha value is -12.4. The minimum Gasteiger partial charge on any atom is -0.263 e. The third-order valence-electron chi connectivity index (χ3n) is 18.3. The molecule has 0 bridgehead atoms. The molecule has 0 saturated carbocycles. The molecule has 426 valence electrons. The van der Waals surface area contributed by atoms with E-state index in [9.17, 15) is 0 Å². The van der Waals surface area contributed by atoms with Crippen molar-refractivity contribution in [3.05, 3.63) is 316 Å². The van der Waals surface area contributed by atoms with Crippen LogP contribution in [-0.2, 0) is 0 Å². The highest BCUT2D eigenvalue weighted by Crippen LogP contribution is 2.43. The minimum atomic E-state index is 0.848. The normalized spacial score (nSPS) is 11.7. The summed E-state index contributed by atoms with van der Waals surface area (Å²) in [6.45, 7) is 0. The number of aromatic nitrogens is 6. The van der Waals surface area contributed by atoms with Gasteiger partial charge < -0.3 is 0 Å². The van der Waals surface area contributed by atoms with Crippen molar-refractivity contribution >= 4 is 86.8 Å². The second kappa shape index (κ2) is 21.7. The number of para-hydroxylation sites is 1. The van der Waals surface area contributed by atoms with Gasteiger partial charge in [0.1, 0.15) is 0 Å². The second-order valence-corrected chi connectivity index (χ2v) is 23.8. The quantitative estimate of drug-likeness (QED) is 0.134. The monoisotopic (exact) mass is 1170 g/mol. The van der Waals surface area contributed by atoms with Crippen LogP contribution < -0.4 is 0 Å². The van der Waals surface area contributed by atoms with Gasteiger partial charge in [0.05, 0.1) is 56.1 Å². The summed E-state index contributed by atoms with van der Waals surface area (Å²) in [4.78, 5) is 31.4. The van der Waals surface area contributed by atoms with Gasteiger partial charge in [-0.15, -0.1) is 0 Å². The maximum absolute atomic E-state index is 5.60. The van der Waals surface area contributed by atoms with Gasteiger partial charge >= 0.3 is 0 Å². The van der Waals surface area contributed by atoms with Crippen molar-refractivity contribution < 1.29 is 0 Å². The topological polar surface area (TPSA) is 77.3 Å². The summed E-state index contributed by atoms with van der Waals surface area (Å²) in [5, 5.41) is 12.3. The van der Waals surface area contributed by atoms with E-state index in [1.807, 2.05) is 24.5 Å². The predicted molar refractivity (Wildman–Crippen MR) is 382 cm³/mol. The third kappa shape index (κ3) is 9.28. The van der Waals surface area contributed by atoms with Crippen LogP contribution in [0, 0.1) is 0 Å². The molecule has 6 aromatic heterocycles. The Bertz CT molecular complexity index is 6010. The van der Waals surface area contributed by atoms with Crippen molar-refractivity contribution in [2.45, 2.75) is 0 Å². The Morgan fingerprint density at radius 1 is 0.174 bits per heavy atom. The van der Waals surface area contributed by atoms with Crippen LogP contribution in [0.1, 0.15) is 0 Å². The molecule has 0 aliphatic heterocycles. The molecule has 18 aromatic rings. The van der Waals surface area contributed by atoms with Gasteiger partial charge in [-0.05, 0) is 133 Å². The first kappa shape index (κ1) is 52.7. The van der Waals surface area contributed by atoms with Crippen molar-refractivity contribution in [1.29, 1.82) is 0 Å². The molecule has 0 spiro atoms. The summed E-state index contributed by atoms with van der Waals surface area (Å²) >= 11 is 0. The molecule has 0 unspecified atom stereocenters. The van der Waals surface area contributed by atoms with Crippen molar-refractivity contribution in [3.8, 4) is 101 Å². The first-order valence-electron chi connectivity index (χ1n) is 31.1. The highest BCUT2D eigenvalue weighted by atomic mass is 14.8. The van der Waals surface area contributed by atoms with Crippen LogP contribution in [0.2, 0.25) is 0 Å². The summed E-state index contributed by atoms with van der Waals surface area (Å²) in [6.07, 6.45) is 3.88.